The van der Waals surface area contributed by atoms with Crippen LogP contribution in [0, 0.1) is 0 Å². The number of rotatable bonds is 6. The molecule has 0 atom stereocenters. The summed E-state index contributed by atoms with van der Waals surface area (Å²) in [5.74, 6) is 1.49. The summed E-state index contributed by atoms with van der Waals surface area (Å²) in [4.78, 5) is 9.90. The second-order valence-electron chi connectivity index (χ2n) is 8.21. The van der Waals surface area contributed by atoms with Gasteiger partial charge in [-0.25, -0.2) is 4.98 Å². The molecule has 0 aliphatic carbocycles. The first kappa shape index (κ1) is 20.9. The molecule has 0 N–H and O–H groups in total. The van der Waals surface area contributed by atoms with Gasteiger partial charge in [0.05, 0.1) is 18.5 Å². The second kappa shape index (κ2) is 9.63. The van der Waals surface area contributed by atoms with Gasteiger partial charge in [-0.2, -0.15) is 0 Å². The number of ether oxygens (including phenoxy) is 1. The van der Waals surface area contributed by atoms with E-state index in [-0.39, 0.29) is 0 Å². The van der Waals surface area contributed by atoms with Crippen LogP contribution >= 0.6 is 11.3 Å². The van der Waals surface area contributed by atoms with Crippen LogP contribution < -0.4 is 9.64 Å². The predicted octanol–water partition coefficient (Wildman–Crippen LogP) is 5.65. The largest absolute Gasteiger partial charge is 0.495 e. The summed E-state index contributed by atoms with van der Waals surface area (Å²) in [5, 5.41) is 3.32. The zero-order valence-corrected chi connectivity index (χ0v) is 19.0. The van der Waals surface area contributed by atoms with Crippen molar-refractivity contribution in [2.45, 2.75) is 32.7 Å². The summed E-state index contributed by atoms with van der Waals surface area (Å²) >= 11 is 1.74. The molecule has 0 radical (unpaired) electrons. The van der Waals surface area contributed by atoms with Gasteiger partial charge in [0.1, 0.15) is 10.8 Å². The van der Waals surface area contributed by atoms with Gasteiger partial charge in [-0.1, -0.05) is 50.2 Å². The molecule has 1 aromatic heterocycles. The van der Waals surface area contributed by atoms with Crippen molar-refractivity contribution in [3.05, 3.63) is 65.2 Å². The first-order chi connectivity index (χ1) is 14.6. The highest BCUT2D eigenvalue weighted by Gasteiger charge is 2.19. The average Bonchev–Trinajstić information content (AvgIpc) is 3.12. The maximum atomic E-state index is 5.68. The summed E-state index contributed by atoms with van der Waals surface area (Å²) in [5.41, 5.74) is 4.97. The molecule has 4 nitrogen and oxygen atoms in total. The molecule has 0 saturated carbocycles. The first-order valence-corrected chi connectivity index (χ1v) is 11.7. The smallest absolute Gasteiger partial charge is 0.142 e. The van der Waals surface area contributed by atoms with Gasteiger partial charge in [0.2, 0.25) is 0 Å². The lowest BCUT2D eigenvalue weighted by Crippen LogP contribution is -2.30. The van der Waals surface area contributed by atoms with Crippen molar-refractivity contribution in [2.75, 3.05) is 38.2 Å². The first-order valence-electron chi connectivity index (χ1n) is 10.8. The molecule has 1 aliphatic heterocycles. The molecule has 30 heavy (non-hydrogen) atoms. The third-order valence-corrected chi connectivity index (χ3v) is 6.70. The monoisotopic (exact) mass is 421 g/mol. The number of nitrogens with zero attached hydrogens (tertiary/aromatic N) is 3. The van der Waals surface area contributed by atoms with Crippen molar-refractivity contribution in [3.63, 3.8) is 0 Å². The van der Waals surface area contributed by atoms with E-state index in [0.717, 1.165) is 49.9 Å². The van der Waals surface area contributed by atoms with Crippen LogP contribution in [0.15, 0.2) is 53.9 Å². The van der Waals surface area contributed by atoms with Crippen molar-refractivity contribution >= 4 is 17.0 Å². The van der Waals surface area contributed by atoms with Gasteiger partial charge in [-0.05, 0) is 30.0 Å². The molecule has 0 unspecified atom stereocenters. The molecular weight excluding hydrogens is 390 g/mol. The molecule has 5 heteroatoms. The van der Waals surface area contributed by atoms with Crippen LogP contribution in [0.4, 0.5) is 5.69 Å². The Morgan fingerprint density at radius 3 is 2.63 bits per heavy atom. The maximum Gasteiger partial charge on any atom is 0.142 e. The van der Waals surface area contributed by atoms with Gasteiger partial charge in [0.25, 0.3) is 0 Å². The Morgan fingerprint density at radius 1 is 1.03 bits per heavy atom. The lowest BCUT2D eigenvalue weighted by molar-refractivity contribution is 0.282. The SMILES string of the molecule is COc1ccc(C(C)C)cc1N1CCCN(Cc2csc(-c3ccccc3)n2)CC1. The minimum atomic E-state index is 0.515. The Bertz CT molecular complexity index is 954. The minimum Gasteiger partial charge on any atom is -0.495 e. The second-order valence-corrected chi connectivity index (χ2v) is 9.07. The molecule has 1 saturated heterocycles. The summed E-state index contributed by atoms with van der Waals surface area (Å²) in [6, 6.07) is 17.1. The lowest BCUT2D eigenvalue weighted by atomic mass is 10.0. The van der Waals surface area contributed by atoms with Crippen molar-refractivity contribution in [1.82, 2.24) is 9.88 Å². The van der Waals surface area contributed by atoms with Crippen LogP contribution in [0.5, 0.6) is 5.75 Å². The van der Waals surface area contributed by atoms with E-state index in [1.54, 1.807) is 18.4 Å². The fourth-order valence-corrected chi connectivity index (χ4v) is 4.82. The van der Waals surface area contributed by atoms with Crippen LogP contribution in [0.25, 0.3) is 10.6 Å². The van der Waals surface area contributed by atoms with E-state index in [2.05, 4.69) is 71.5 Å². The Kier molecular flexibility index (Phi) is 6.70. The van der Waals surface area contributed by atoms with E-state index in [9.17, 15) is 0 Å². The van der Waals surface area contributed by atoms with Gasteiger partial charge >= 0.3 is 0 Å². The van der Waals surface area contributed by atoms with E-state index in [1.807, 2.05) is 6.07 Å². The van der Waals surface area contributed by atoms with Gasteiger partial charge in [0, 0.05) is 43.7 Å². The minimum absolute atomic E-state index is 0.515. The number of thiazole rings is 1. The molecule has 4 rings (SSSR count). The highest BCUT2D eigenvalue weighted by atomic mass is 32.1. The fourth-order valence-electron chi connectivity index (χ4n) is 4.01. The quantitative estimate of drug-likeness (QED) is 0.514. The number of methoxy groups -OCH3 is 1. The van der Waals surface area contributed by atoms with Crippen molar-refractivity contribution in [1.29, 1.82) is 0 Å². The number of hydrogen-bond donors (Lipinski definition) is 0. The Hall–Kier alpha value is -2.37. The van der Waals surface area contributed by atoms with Gasteiger partial charge in [0.15, 0.2) is 0 Å². The van der Waals surface area contributed by atoms with Gasteiger partial charge in [-0.3, -0.25) is 4.90 Å². The number of aromatic nitrogens is 1. The zero-order chi connectivity index (χ0) is 20.9. The molecule has 2 heterocycles. The molecule has 1 fully saturated rings. The Labute approximate surface area is 184 Å². The van der Waals surface area contributed by atoms with E-state index >= 15 is 0 Å². The Balaban J connectivity index is 1.43. The summed E-state index contributed by atoms with van der Waals surface area (Å²) in [6.45, 7) is 9.60. The number of anilines is 1. The summed E-state index contributed by atoms with van der Waals surface area (Å²) in [7, 11) is 1.77. The topological polar surface area (TPSA) is 28.6 Å². The average molecular weight is 422 g/mol. The number of benzene rings is 2. The van der Waals surface area contributed by atoms with Crippen LogP contribution in [0.1, 0.15) is 37.4 Å². The van der Waals surface area contributed by atoms with E-state index < -0.39 is 0 Å². The molecule has 1 aliphatic rings. The van der Waals surface area contributed by atoms with Crippen molar-refractivity contribution in [3.8, 4) is 16.3 Å². The third kappa shape index (κ3) is 4.85. The van der Waals surface area contributed by atoms with E-state index in [1.165, 1.54) is 22.5 Å². The maximum absolute atomic E-state index is 5.68. The van der Waals surface area contributed by atoms with Crippen LogP contribution in [0.3, 0.4) is 0 Å². The van der Waals surface area contributed by atoms with Crippen LogP contribution in [0.2, 0.25) is 0 Å². The number of hydrogen-bond acceptors (Lipinski definition) is 5. The van der Waals surface area contributed by atoms with Crippen LogP contribution in [-0.2, 0) is 6.54 Å². The molecule has 3 aromatic rings. The molecular formula is C25H31N3OS. The highest BCUT2D eigenvalue weighted by Crippen LogP contribution is 2.32. The summed E-state index contributed by atoms with van der Waals surface area (Å²) in [6.07, 6.45) is 1.14. The predicted molar refractivity (Wildman–Crippen MR) is 127 cm³/mol. The molecule has 158 valence electrons. The van der Waals surface area contributed by atoms with Crippen molar-refractivity contribution in [2.24, 2.45) is 0 Å². The standard InChI is InChI=1S/C25H31N3OS/c1-19(2)21-10-11-24(29-3)23(16-21)28-13-7-12-27(14-15-28)17-22-18-30-25(26-22)20-8-5-4-6-9-20/h4-6,8-11,16,18-19H,7,12-15,17H2,1-3H3. The molecule has 2 aromatic carbocycles. The molecule has 0 bridgehead atoms. The van der Waals surface area contributed by atoms with E-state index in [4.69, 9.17) is 9.72 Å². The third-order valence-electron chi connectivity index (χ3n) is 5.76. The van der Waals surface area contributed by atoms with Crippen LogP contribution in [-0.4, -0.2) is 43.2 Å². The fraction of sp³-hybridized carbons (Fsp3) is 0.400. The van der Waals surface area contributed by atoms with E-state index in [0.29, 0.717) is 5.92 Å². The lowest BCUT2D eigenvalue weighted by Gasteiger charge is -2.26. The van der Waals surface area contributed by atoms with Gasteiger partial charge < -0.3 is 9.64 Å². The van der Waals surface area contributed by atoms with Gasteiger partial charge in [-0.15, -0.1) is 11.3 Å². The zero-order valence-electron chi connectivity index (χ0n) is 18.2. The van der Waals surface area contributed by atoms with Crippen molar-refractivity contribution < 1.29 is 4.74 Å². The molecule has 0 amide bonds. The Morgan fingerprint density at radius 2 is 1.87 bits per heavy atom. The highest BCUT2D eigenvalue weighted by molar-refractivity contribution is 7.13. The molecule has 0 spiro atoms. The summed E-state index contributed by atoms with van der Waals surface area (Å²) < 4.78 is 5.68. The normalized spacial score (nSPS) is 15.4.